The zero-order chi connectivity index (χ0) is 18.5. The van der Waals surface area contributed by atoms with Gasteiger partial charge in [-0.15, -0.1) is 0 Å². The van der Waals surface area contributed by atoms with Gasteiger partial charge in [0.2, 0.25) is 0 Å². The summed E-state index contributed by atoms with van der Waals surface area (Å²) in [6.07, 6.45) is 1.79. The molecule has 1 aromatic heterocycles. The van der Waals surface area contributed by atoms with Gasteiger partial charge in [-0.3, -0.25) is 9.48 Å². The van der Waals surface area contributed by atoms with Gasteiger partial charge >= 0.3 is 0 Å². The number of hydrogen-bond donors (Lipinski definition) is 1. The van der Waals surface area contributed by atoms with Crippen LogP contribution in [0.15, 0.2) is 70.4 Å². The number of hydrogen-bond acceptors (Lipinski definition) is 3. The third kappa shape index (κ3) is 4.67. The molecule has 3 aromatic rings. The van der Waals surface area contributed by atoms with Gasteiger partial charge in [-0.2, -0.15) is 10.2 Å². The summed E-state index contributed by atoms with van der Waals surface area (Å²) in [6.45, 7) is 4.49. The SMILES string of the molecule is C/C(=N\NC(=O)c1ccn(Cc2ccc(Br)cc2)n1)c1ccc(C)cc1. The molecule has 0 atom stereocenters. The lowest BCUT2D eigenvalue weighted by Crippen LogP contribution is -2.20. The molecule has 0 bridgehead atoms. The van der Waals surface area contributed by atoms with E-state index in [1.54, 1.807) is 16.9 Å². The van der Waals surface area contributed by atoms with Crippen LogP contribution in [-0.4, -0.2) is 21.4 Å². The Labute approximate surface area is 160 Å². The molecule has 0 spiro atoms. The topological polar surface area (TPSA) is 59.3 Å². The summed E-state index contributed by atoms with van der Waals surface area (Å²) in [4.78, 5) is 12.2. The summed E-state index contributed by atoms with van der Waals surface area (Å²) in [5.41, 5.74) is 6.90. The van der Waals surface area contributed by atoms with E-state index in [0.29, 0.717) is 12.2 Å². The Morgan fingerprint density at radius 1 is 1.12 bits per heavy atom. The van der Waals surface area contributed by atoms with Crippen molar-refractivity contribution in [2.45, 2.75) is 20.4 Å². The standard InChI is InChI=1S/C20H19BrN4O/c1-14-3-7-17(8-4-14)15(2)22-23-20(26)19-11-12-25(24-19)13-16-5-9-18(21)10-6-16/h3-12H,13H2,1-2H3,(H,23,26)/b22-15+. The molecule has 3 rings (SSSR count). The van der Waals surface area contributed by atoms with Gasteiger partial charge in [0, 0.05) is 10.7 Å². The van der Waals surface area contributed by atoms with Crippen LogP contribution < -0.4 is 5.43 Å². The summed E-state index contributed by atoms with van der Waals surface area (Å²) in [7, 11) is 0. The molecule has 0 radical (unpaired) electrons. The maximum absolute atomic E-state index is 12.2. The van der Waals surface area contributed by atoms with Crippen molar-refractivity contribution in [2.75, 3.05) is 0 Å². The molecule has 0 aliphatic heterocycles. The third-order valence-corrected chi connectivity index (χ3v) is 4.45. The molecule has 0 saturated carbocycles. The Morgan fingerprint density at radius 2 is 1.81 bits per heavy atom. The second-order valence-corrected chi connectivity index (χ2v) is 6.94. The summed E-state index contributed by atoms with van der Waals surface area (Å²) in [5, 5.41) is 8.48. The van der Waals surface area contributed by atoms with Gasteiger partial charge < -0.3 is 0 Å². The van der Waals surface area contributed by atoms with Crippen LogP contribution in [0, 0.1) is 6.92 Å². The van der Waals surface area contributed by atoms with Gasteiger partial charge in [0.25, 0.3) is 5.91 Å². The minimum Gasteiger partial charge on any atom is -0.268 e. The quantitative estimate of drug-likeness (QED) is 0.507. The van der Waals surface area contributed by atoms with E-state index in [0.717, 1.165) is 21.3 Å². The number of rotatable bonds is 5. The second kappa shape index (κ2) is 8.10. The number of nitrogens with one attached hydrogen (secondary N) is 1. The first-order valence-electron chi connectivity index (χ1n) is 8.21. The van der Waals surface area contributed by atoms with Gasteiger partial charge in [-0.05, 0) is 43.2 Å². The minimum atomic E-state index is -0.328. The first-order chi connectivity index (χ1) is 12.5. The van der Waals surface area contributed by atoms with Crippen LogP contribution in [0.25, 0.3) is 0 Å². The van der Waals surface area contributed by atoms with Crippen molar-refractivity contribution >= 4 is 27.5 Å². The van der Waals surface area contributed by atoms with E-state index in [-0.39, 0.29) is 5.91 Å². The molecule has 0 fully saturated rings. The Hall–Kier alpha value is -2.73. The lowest BCUT2D eigenvalue weighted by atomic mass is 10.1. The van der Waals surface area contributed by atoms with E-state index in [1.807, 2.05) is 62.4 Å². The molecular weight excluding hydrogens is 392 g/mol. The van der Waals surface area contributed by atoms with Gasteiger partial charge in [0.1, 0.15) is 0 Å². The number of nitrogens with zero attached hydrogens (tertiary/aromatic N) is 3. The van der Waals surface area contributed by atoms with Crippen molar-refractivity contribution in [3.8, 4) is 0 Å². The van der Waals surface area contributed by atoms with Gasteiger partial charge in [0.05, 0.1) is 12.3 Å². The fraction of sp³-hybridized carbons (Fsp3) is 0.150. The zero-order valence-electron chi connectivity index (χ0n) is 14.6. The van der Waals surface area contributed by atoms with Crippen molar-refractivity contribution in [1.82, 2.24) is 15.2 Å². The fourth-order valence-electron chi connectivity index (χ4n) is 2.40. The average molecular weight is 411 g/mol. The van der Waals surface area contributed by atoms with E-state index >= 15 is 0 Å². The van der Waals surface area contributed by atoms with E-state index in [2.05, 4.69) is 31.6 Å². The third-order valence-electron chi connectivity index (χ3n) is 3.93. The van der Waals surface area contributed by atoms with Gasteiger partial charge in [0.15, 0.2) is 5.69 Å². The zero-order valence-corrected chi connectivity index (χ0v) is 16.2. The van der Waals surface area contributed by atoms with Crippen molar-refractivity contribution < 1.29 is 4.79 Å². The molecule has 5 nitrogen and oxygen atoms in total. The first-order valence-corrected chi connectivity index (χ1v) is 9.00. The predicted molar refractivity (Wildman–Crippen MR) is 106 cm³/mol. The number of hydrazone groups is 1. The Kier molecular flexibility index (Phi) is 5.63. The molecule has 6 heteroatoms. The summed E-state index contributed by atoms with van der Waals surface area (Å²) in [6, 6.07) is 17.7. The molecule has 0 aliphatic carbocycles. The molecule has 26 heavy (non-hydrogen) atoms. The average Bonchev–Trinajstić information content (AvgIpc) is 3.10. The van der Waals surface area contributed by atoms with E-state index in [9.17, 15) is 4.79 Å². The summed E-state index contributed by atoms with van der Waals surface area (Å²) >= 11 is 3.42. The largest absolute Gasteiger partial charge is 0.291 e. The van der Waals surface area contributed by atoms with Gasteiger partial charge in [-0.1, -0.05) is 57.9 Å². The lowest BCUT2D eigenvalue weighted by molar-refractivity contribution is 0.0949. The second-order valence-electron chi connectivity index (χ2n) is 6.03. The molecule has 2 aromatic carbocycles. The minimum absolute atomic E-state index is 0.328. The molecule has 0 unspecified atom stereocenters. The number of aryl methyl sites for hydroxylation is 1. The Bertz CT molecular complexity index is 927. The Balaban J connectivity index is 1.63. The number of benzene rings is 2. The van der Waals surface area contributed by atoms with Crippen molar-refractivity contribution in [2.24, 2.45) is 5.10 Å². The normalized spacial score (nSPS) is 11.4. The lowest BCUT2D eigenvalue weighted by Gasteiger charge is -2.03. The molecule has 1 heterocycles. The number of halogens is 1. The van der Waals surface area contributed by atoms with Crippen LogP contribution in [0.4, 0.5) is 0 Å². The predicted octanol–water partition coefficient (Wildman–Crippen LogP) is 4.16. The molecule has 132 valence electrons. The first kappa shape index (κ1) is 18.1. The summed E-state index contributed by atoms with van der Waals surface area (Å²) in [5.74, 6) is -0.328. The molecule has 1 amide bonds. The maximum Gasteiger partial charge on any atom is 0.291 e. The van der Waals surface area contributed by atoms with Crippen molar-refractivity contribution in [3.05, 3.63) is 87.7 Å². The molecule has 0 aliphatic rings. The monoisotopic (exact) mass is 410 g/mol. The van der Waals surface area contributed by atoms with Crippen LogP contribution in [0.3, 0.4) is 0 Å². The number of aromatic nitrogens is 2. The van der Waals surface area contributed by atoms with Crippen molar-refractivity contribution in [3.63, 3.8) is 0 Å². The summed E-state index contributed by atoms with van der Waals surface area (Å²) < 4.78 is 2.76. The van der Waals surface area contributed by atoms with Crippen molar-refractivity contribution in [1.29, 1.82) is 0 Å². The number of carbonyl (C=O) groups excluding carboxylic acids is 1. The van der Waals surface area contributed by atoms with Crippen LogP contribution in [-0.2, 0) is 6.54 Å². The van der Waals surface area contributed by atoms with Crippen LogP contribution in [0.2, 0.25) is 0 Å². The van der Waals surface area contributed by atoms with Crippen LogP contribution >= 0.6 is 15.9 Å². The van der Waals surface area contributed by atoms with Gasteiger partial charge in [-0.25, -0.2) is 5.43 Å². The van der Waals surface area contributed by atoms with Crippen LogP contribution in [0.1, 0.15) is 34.1 Å². The highest BCUT2D eigenvalue weighted by molar-refractivity contribution is 9.10. The van der Waals surface area contributed by atoms with E-state index in [4.69, 9.17) is 0 Å². The molecular formula is C20H19BrN4O. The van der Waals surface area contributed by atoms with E-state index in [1.165, 1.54) is 5.56 Å². The fourth-order valence-corrected chi connectivity index (χ4v) is 2.66. The highest BCUT2D eigenvalue weighted by Crippen LogP contribution is 2.11. The Morgan fingerprint density at radius 3 is 2.50 bits per heavy atom. The molecule has 1 N–H and O–H groups in total. The number of amides is 1. The highest BCUT2D eigenvalue weighted by Gasteiger charge is 2.09. The van der Waals surface area contributed by atoms with Crippen LogP contribution in [0.5, 0.6) is 0 Å². The van der Waals surface area contributed by atoms with E-state index < -0.39 is 0 Å². The molecule has 0 saturated heterocycles. The highest BCUT2D eigenvalue weighted by atomic mass is 79.9. The smallest absolute Gasteiger partial charge is 0.268 e. The number of carbonyl (C=O) groups is 1. The maximum atomic E-state index is 12.2.